The minimum Gasteiger partial charge on any atom is -0.369 e. The molecule has 23 heavy (non-hydrogen) atoms. The molecule has 1 unspecified atom stereocenters. The lowest BCUT2D eigenvalue weighted by atomic mass is 9.97. The number of likely N-dealkylation sites (tertiary alicyclic amines) is 1. The predicted octanol–water partition coefficient (Wildman–Crippen LogP) is 2.05. The fourth-order valence-electron chi connectivity index (χ4n) is 3.15. The molecule has 118 valence electrons. The molecule has 1 aromatic carbocycles. The van der Waals surface area contributed by atoms with Gasteiger partial charge in [-0.1, -0.05) is 0 Å². The van der Waals surface area contributed by atoms with Crippen LogP contribution in [0.2, 0.25) is 0 Å². The molecule has 0 bridgehead atoms. The van der Waals surface area contributed by atoms with Crippen LogP contribution in [-0.4, -0.2) is 28.5 Å². The monoisotopic (exact) mass is 308 g/mol. The first-order chi connectivity index (χ1) is 11.2. The largest absolute Gasteiger partial charge is 0.369 e. The summed E-state index contributed by atoms with van der Waals surface area (Å²) in [5.74, 6) is -0.237. The van der Waals surface area contributed by atoms with E-state index < -0.39 is 0 Å². The standard InChI is InChI=1S/C18H20N4O/c19-11-14-5-7-16(8-6-14)22-10-2-4-17(22)13-21-9-1-3-15(12-21)18(20)23/h2,4-8,10,15H,1,3,9,12-13H2,(H2,20,23). The molecule has 1 amide bonds. The number of benzene rings is 1. The lowest BCUT2D eigenvalue weighted by molar-refractivity contribution is -0.123. The van der Waals surface area contributed by atoms with E-state index in [1.54, 1.807) is 0 Å². The minimum absolute atomic E-state index is 0.0397. The zero-order chi connectivity index (χ0) is 16.2. The second kappa shape index (κ2) is 6.67. The Morgan fingerprint density at radius 1 is 1.30 bits per heavy atom. The van der Waals surface area contributed by atoms with Gasteiger partial charge in [0.2, 0.25) is 5.91 Å². The van der Waals surface area contributed by atoms with Crippen LogP contribution in [0.3, 0.4) is 0 Å². The molecule has 1 aliphatic heterocycles. The fraction of sp³-hybridized carbons (Fsp3) is 0.333. The van der Waals surface area contributed by atoms with Gasteiger partial charge >= 0.3 is 0 Å². The maximum absolute atomic E-state index is 11.4. The van der Waals surface area contributed by atoms with Gasteiger partial charge in [-0.3, -0.25) is 9.69 Å². The van der Waals surface area contributed by atoms with Crippen molar-refractivity contribution in [1.29, 1.82) is 5.26 Å². The average Bonchev–Trinajstić information content (AvgIpc) is 3.03. The summed E-state index contributed by atoms with van der Waals surface area (Å²) in [5.41, 5.74) is 8.31. The molecule has 0 aliphatic carbocycles. The molecule has 1 saturated heterocycles. The molecule has 1 aromatic heterocycles. The van der Waals surface area contributed by atoms with Gasteiger partial charge in [-0.15, -0.1) is 0 Å². The third-order valence-electron chi connectivity index (χ3n) is 4.40. The molecule has 1 fully saturated rings. The summed E-state index contributed by atoms with van der Waals surface area (Å²) in [7, 11) is 0. The molecule has 2 N–H and O–H groups in total. The van der Waals surface area contributed by atoms with Gasteiger partial charge in [0.05, 0.1) is 17.6 Å². The fourth-order valence-corrected chi connectivity index (χ4v) is 3.15. The number of hydrogen-bond donors (Lipinski definition) is 1. The van der Waals surface area contributed by atoms with Crippen molar-refractivity contribution in [1.82, 2.24) is 9.47 Å². The number of carbonyl (C=O) groups excluding carboxylic acids is 1. The number of primary amides is 1. The number of amides is 1. The number of carbonyl (C=O) groups is 1. The first-order valence-electron chi connectivity index (χ1n) is 7.86. The second-order valence-electron chi connectivity index (χ2n) is 6.00. The first-order valence-corrected chi connectivity index (χ1v) is 7.86. The average molecular weight is 308 g/mol. The number of hydrogen-bond acceptors (Lipinski definition) is 3. The molecule has 0 spiro atoms. The molecule has 1 aliphatic rings. The molecular formula is C18H20N4O. The molecule has 2 heterocycles. The highest BCUT2D eigenvalue weighted by Crippen LogP contribution is 2.20. The Labute approximate surface area is 135 Å². The number of aromatic nitrogens is 1. The molecule has 5 heteroatoms. The summed E-state index contributed by atoms with van der Waals surface area (Å²) in [4.78, 5) is 13.7. The summed E-state index contributed by atoms with van der Waals surface area (Å²) in [5, 5.41) is 8.90. The molecule has 0 radical (unpaired) electrons. The van der Waals surface area contributed by atoms with Crippen molar-refractivity contribution in [2.75, 3.05) is 13.1 Å². The van der Waals surface area contributed by atoms with Crippen LogP contribution in [0, 0.1) is 17.2 Å². The van der Waals surface area contributed by atoms with Gasteiger partial charge in [-0.25, -0.2) is 0 Å². The zero-order valence-electron chi connectivity index (χ0n) is 13.0. The molecule has 2 aromatic rings. The number of nitrogens with zero attached hydrogens (tertiary/aromatic N) is 3. The topological polar surface area (TPSA) is 75.1 Å². The Kier molecular flexibility index (Phi) is 4.45. The van der Waals surface area contributed by atoms with Crippen molar-refractivity contribution in [2.24, 2.45) is 11.7 Å². The van der Waals surface area contributed by atoms with Crippen LogP contribution in [0.1, 0.15) is 24.1 Å². The van der Waals surface area contributed by atoms with Crippen LogP contribution < -0.4 is 5.73 Å². The summed E-state index contributed by atoms with van der Waals surface area (Å²) in [6.45, 7) is 2.51. The lowest BCUT2D eigenvalue weighted by Crippen LogP contribution is -2.40. The Morgan fingerprint density at radius 3 is 2.78 bits per heavy atom. The number of nitriles is 1. The second-order valence-corrected chi connectivity index (χ2v) is 6.00. The first kappa shape index (κ1) is 15.3. The molecule has 1 atom stereocenters. The maximum Gasteiger partial charge on any atom is 0.221 e. The molecule has 0 saturated carbocycles. The highest BCUT2D eigenvalue weighted by molar-refractivity contribution is 5.76. The third-order valence-corrected chi connectivity index (χ3v) is 4.40. The van der Waals surface area contributed by atoms with Gasteiger partial charge in [0, 0.05) is 30.7 Å². The summed E-state index contributed by atoms with van der Waals surface area (Å²) in [6, 6.07) is 13.8. The molecule has 3 rings (SSSR count). The van der Waals surface area contributed by atoms with Crippen molar-refractivity contribution in [3.05, 3.63) is 53.9 Å². The van der Waals surface area contributed by atoms with Gasteiger partial charge in [0.15, 0.2) is 0 Å². The van der Waals surface area contributed by atoms with Crippen LogP contribution in [0.25, 0.3) is 5.69 Å². The number of rotatable bonds is 4. The molecule has 5 nitrogen and oxygen atoms in total. The highest BCUT2D eigenvalue weighted by atomic mass is 16.1. The van der Waals surface area contributed by atoms with E-state index in [1.165, 1.54) is 5.69 Å². The number of piperidine rings is 1. The van der Waals surface area contributed by atoms with E-state index in [0.29, 0.717) is 5.56 Å². The van der Waals surface area contributed by atoms with Gasteiger partial charge in [-0.05, 0) is 55.8 Å². The Balaban J connectivity index is 1.75. The van der Waals surface area contributed by atoms with Crippen LogP contribution in [-0.2, 0) is 11.3 Å². The van der Waals surface area contributed by atoms with Crippen LogP contribution in [0.15, 0.2) is 42.6 Å². The van der Waals surface area contributed by atoms with E-state index in [0.717, 1.165) is 38.2 Å². The number of nitrogens with two attached hydrogens (primary N) is 1. The Bertz CT molecular complexity index is 726. The quantitative estimate of drug-likeness (QED) is 0.939. The zero-order valence-corrected chi connectivity index (χ0v) is 13.0. The normalized spacial score (nSPS) is 18.5. The SMILES string of the molecule is N#Cc1ccc(-n2cccc2CN2CCCC(C(N)=O)C2)cc1. The van der Waals surface area contributed by atoms with Crippen LogP contribution in [0.5, 0.6) is 0 Å². The van der Waals surface area contributed by atoms with Gasteiger partial charge < -0.3 is 10.3 Å². The van der Waals surface area contributed by atoms with E-state index in [2.05, 4.69) is 21.6 Å². The van der Waals surface area contributed by atoms with E-state index in [-0.39, 0.29) is 11.8 Å². The third kappa shape index (κ3) is 3.43. The van der Waals surface area contributed by atoms with Crippen molar-refractivity contribution >= 4 is 5.91 Å². The van der Waals surface area contributed by atoms with Gasteiger partial charge in [0.1, 0.15) is 0 Å². The molecular weight excluding hydrogens is 288 g/mol. The predicted molar refractivity (Wildman–Crippen MR) is 87.7 cm³/mol. The van der Waals surface area contributed by atoms with Gasteiger partial charge in [-0.2, -0.15) is 5.26 Å². The smallest absolute Gasteiger partial charge is 0.221 e. The summed E-state index contributed by atoms with van der Waals surface area (Å²) in [6.07, 6.45) is 3.92. The lowest BCUT2D eigenvalue weighted by Gasteiger charge is -2.31. The highest BCUT2D eigenvalue weighted by Gasteiger charge is 2.24. The maximum atomic E-state index is 11.4. The van der Waals surface area contributed by atoms with E-state index in [1.807, 2.05) is 36.5 Å². The van der Waals surface area contributed by atoms with E-state index >= 15 is 0 Å². The van der Waals surface area contributed by atoms with Crippen molar-refractivity contribution in [3.8, 4) is 11.8 Å². The Hall–Kier alpha value is -2.58. The van der Waals surface area contributed by atoms with E-state index in [9.17, 15) is 4.79 Å². The van der Waals surface area contributed by atoms with Crippen molar-refractivity contribution in [3.63, 3.8) is 0 Å². The Morgan fingerprint density at radius 2 is 2.09 bits per heavy atom. The van der Waals surface area contributed by atoms with Gasteiger partial charge in [0.25, 0.3) is 0 Å². The van der Waals surface area contributed by atoms with Crippen molar-refractivity contribution < 1.29 is 4.79 Å². The van der Waals surface area contributed by atoms with Crippen LogP contribution in [0.4, 0.5) is 0 Å². The van der Waals surface area contributed by atoms with Crippen molar-refractivity contribution in [2.45, 2.75) is 19.4 Å². The minimum atomic E-state index is -0.197. The summed E-state index contributed by atoms with van der Waals surface area (Å²) < 4.78 is 2.12. The van der Waals surface area contributed by atoms with E-state index in [4.69, 9.17) is 11.0 Å². The summed E-state index contributed by atoms with van der Waals surface area (Å²) >= 11 is 0. The van der Waals surface area contributed by atoms with Crippen LogP contribution >= 0.6 is 0 Å².